The van der Waals surface area contributed by atoms with E-state index in [0.29, 0.717) is 11.3 Å². The molecule has 2 rings (SSSR count). The Hall–Kier alpha value is -2.04. The van der Waals surface area contributed by atoms with Crippen molar-refractivity contribution < 1.29 is 17.9 Å². The van der Waals surface area contributed by atoms with Crippen LogP contribution in [0.4, 0.5) is 13.2 Å². The van der Waals surface area contributed by atoms with E-state index < -0.39 is 11.7 Å². The van der Waals surface area contributed by atoms with Crippen molar-refractivity contribution in [1.29, 1.82) is 0 Å². The molecule has 100 valence electrons. The summed E-state index contributed by atoms with van der Waals surface area (Å²) in [5.41, 5.74) is 0.877. The fourth-order valence-electron chi connectivity index (χ4n) is 1.79. The Balaban J connectivity index is 2.55. The Morgan fingerprint density at radius 3 is 2.42 bits per heavy atom. The predicted octanol–water partition coefficient (Wildman–Crippen LogP) is 4.08. The summed E-state index contributed by atoms with van der Waals surface area (Å²) in [7, 11) is 1.22. The number of aromatic nitrogens is 1. The normalized spacial score (nSPS) is 11.4. The molecule has 1 aromatic heterocycles. The molecule has 2 aromatic rings. The van der Waals surface area contributed by atoms with E-state index in [1.165, 1.54) is 13.2 Å². The van der Waals surface area contributed by atoms with E-state index in [4.69, 9.17) is 4.74 Å². The number of aryl methyl sites for hydroxylation is 1. The van der Waals surface area contributed by atoms with Gasteiger partial charge >= 0.3 is 6.18 Å². The van der Waals surface area contributed by atoms with Gasteiger partial charge in [0.2, 0.25) is 0 Å². The minimum Gasteiger partial charge on any atom is -0.496 e. The highest BCUT2D eigenvalue weighted by Crippen LogP contribution is 2.38. The van der Waals surface area contributed by atoms with Gasteiger partial charge in [-0.15, -0.1) is 0 Å². The van der Waals surface area contributed by atoms with E-state index in [9.17, 15) is 13.2 Å². The van der Waals surface area contributed by atoms with Gasteiger partial charge in [-0.2, -0.15) is 13.2 Å². The Morgan fingerprint density at radius 1 is 1.11 bits per heavy atom. The van der Waals surface area contributed by atoms with E-state index in [0.717, 1.165) is 11.8 Å². The molecule has 0 saturated carbocycles. The van der Waals surface area contributed by atoms with E-state index in [2.05, 4.69) is 4.98 Å². The van der Waals surface area contributed by atoms with Crippen molar-refractivity contribution >= 4 is 0 Å². The molecule has 0 radical (unpaired) electrons. The third-order valence-corrected chi connectivity index (χ3v) is 2.69. The average molecular weight is 267 g/mol. The molecule has 0 N–H and O–H groups in total. The van der Waals surface area contributed by atoms with Gasteiger partial charge in [-0.1, -0.05) is 6.07 Å². The SMILES string of the molecule is COc1ccc(-c2cccc(C)n2)cc1C(F)(F)F. The van der Waals surface area contributed by atoms with Crippen LogP contribution in [0.1, 0.15) is 11.3 Å². The van der Waals surface area contributed by atoms with Gasteiger partial charge in [0, 0.05) is 11.3 Å². The molecule has 0 fully saturated rings. The molecular weight excluding hydrogens is 255 g/mol. The summed E-state index contributed by atoms with van der Waals surface area (Å²) in [5.74, 6) is -0.191. The summed E-state index contributed by atoms with van der Waals surface area (Å²) in [6, 6.07) is 9.15. The Kier molecular flexibility index (Phi) is 3.46. The molecule has 0 aliphatic carbocycles. The Morgan fingerprint density at radius 2 is 1.84 bits per heavy atom. The van der Waals surface area contributed by atoms with Crippen molar-refractivity contribution in [2.24, 2.45) is 0 Å². The largest absolute Gasteiger partial charge is 0.496 e. The fraction of sp³-hybridized carbons (Fsp3) is 0.214. The van der Waals surface area contributed by atoms with Crippen LogP contribution < -0.4 is 4.74 Å². The van der Waals surface area contributed by atoms with Crippen molar-refractivity contribution in [3.63, 3.8) is 0 Å². The summed E-state index contributed by atoms with van der Waals surface area (Å²) < 4.78 is 43.5. The minimum atomic E-state index is -4.45. The number of pyridine rings is 1. The van der Waals surface area contributed by atoms with Crippen LogP contribution >= 0.6 is 0 Å². The molecule has 0 aliphatic rings. The first-order valence-corrected chi connectivity index (χ1v) is 5.61. The molecule has 0 unspecified atom stereocenters. The lowest BCUT2D eigenvalue weighted by atomic mass is 10.1. The van der Waals surface area contributed by atoms with Gasteiger partial charge in [-0.3, -0.25) is 4.98 Å². The minimum absolute atomic E-state index is 0.191. The highest BCUT2D eigenvalue weighted by Gasteiger charge is 2.34. The number of alkyl halides is 3. The van der Waals surface area contributed by atoms with Gasteiger partial charge in [-0.05, 0) is 37.3 Å². The van der Waals surface area contributed by atoms with Crippen LogP contribution in [0.3, 0.4) is 0 Å². The first kappa shape index (κ1) is 13.4. The van der Waals surface area contributed by atoms with Crippen molar-refractivity contribution in [1.82, 2.24) is 4.98 Å². The van der Waals surface area contributed by atoms with Crippen LogP contribution in [0.25, 0.3) is 11.3 Å². The zero-order valence-corrected chi connectivity index (χ0v) is 10.5. The number of ether oxygens (including phenoxy) is 1. The third-order valence-electron chi connectivity index (χ3n) is 2.69. The Bertz CT molecular complexity index is 593. The van der Waals surface area contributed by atoms with Gasteiger partial charge in [0.15, 0.2) is 0 Å². The number of rotatable bonds is 2. The molecule has 2 nitrogen and oxygen atoms in total. The molecule has 0 spiro atoms. The maximum atomic E-state index is 12.9. The summed E-state index contributed by atoms with van der Waals surface area (Å²) in [6.45, 7) is 1.79. The van der Waals surface area contributed by atoms with Crippen LogP contribution in [-0.4, -0.2) is 12.1 Å². The van der Waals surface area contributed by atoms with Crippen LogP contribution in [-0.2, 0) is 6.18 Å². The molecule has 1 aromatic carbocycles. The maximum Gasteiger partial charge on any atom is 0.419 e. The lowest BCUT2D eigenvalue weighted by Crippen LogP contribution is -2.07. The van der Waals surface area contributed by atoms with Crippen molar-refractivity contribution in [2.75, 3.05) is 7.11 Å². The quantitative estimate of drug-likeness (QED) is 0.817. The van der Waals surface area contributed by atoms with Crippen molar-refractivity contribution in [3.8, 4) is 17.0 Å². The molecule has 5 heteroatoms. The number of hydrogen-bond acceptors (Lipinski definition) is 2. The topological polar surface area (TPSA) is 22.1 Å². The first-order valence-electron chi connectivity index (χ1n) is 5.61. The highest BCUT2D eigenvalue weighted by atomic mass is 19.4. The molecule has 0 atom stereocenters. The lowest BCUT2D eigenvalue weighted by Gasteiger charge is -2.13. The van der Waals surface area contributed by atoms with Crippen molar-refractivity contribution in [3.05, 3.63) is 47.7 Å². The number of nitrogens with zero attached hydrogens (tertiary/aromatic N) is 1. The van der Waals surface area contributed by atoms with Crippen LogP contribution in [0.15, 0.2) is 36.4 Å². The summed E-state index contributed by atoms with van der Waals surface area (Å²) >= 11 is 0. The van der Waals surface area contributed by atoms with E-state index in [1.54, 1.807) is 31.2 Å². The van der Waals surface area contributed by atoms with Crippen LogP contribution in [0.5, 0.6) is 5.75 Å². The van der Waals surface area contributed by atoms with Crippen molar-refractivity contribution in [2.45, 2.75) is 13.1 Å². The zero-order valence-electron chi connectivity index (χ0n) is 10.5. The zero-order chi connectivity index (χ0) is 14.0. The molecule has 1 heterocycles. The number of hydrogen-bond donors (Lipinski definition) is 0. The molecule has 0 bridgehead atoms. The second-order valence-corrected chi connectivity index (χ2v) is 4.08. The molecule has 19 heavy (non-hydrogen) atoms. The van der Waals surface area contributed by atoms with Gasteiger partial charge in [0.25, 0.3) is 0 Å². The van der Waals surface area contributed by atoms with E-state index in [1.807, 2.05) is 0 Å². The van der Waals surface area contributed by atoms with Gasteiger partial charge < -0.3 is 4.74 Å². The van der Waals surface area contributed by atoms with E-state index in [-0.39, 0.29) is 5.75 Å². The summed E-state index contributed by atoms with van der Waals surface area (Å²) in [6.07, 6.45) is -4.45. The number of benzene rings is 1. The standard InChI is InChI=1S/C14H12F3NO/c1-9-4-3-5-12(18-9)10-6-7-13(19-2)11(8-10)14(15,16)17/h3-8H,1-2H3. The number of methoxy groups -OCH3 is 1. The monoisotopic (exact) mass is 267 g/mol. The molecule has 0 saturated heterocycles. The average Bonchev–Trinajstić information content (AvgIpc) is 2.37. The smallest absolute Gasteiger partial charge is 0.419 e. The van der Waals surface area contributed by atoms with Crippen LogP contribution in [0, 0.1) is 6.92 Å². The Labute approximate surface area is 108 Å². The highest BCUT2D eigenvalue weighted by molar-refractivity contribution is 5.62. The molecule has 0 aliphatic heterocycles. The second-order valence-electron chi connectivity index (χ2n) is 4.08. The lowest BCUT2D eigenvalue weighted by molar-refractivity contribution is -0.138. The predicted molar refractivity (Wildman–Crippen MR) is 66.0 cm³/mol. The maximum absolute atomic E-state index is 12.9. The number of halogens is 3. The molecule has 0 amide bonds. The van der Waals surface area contributed by atoms with Crippen LogP contribution in [0.2, 0.25) is 0 Å². The van der Waals surface area contributed by atoms with Gasteiger partial charge in [0.05, 0.1) is 18.4 Å². The third kappa shape index (κ3) is 2.86. The fourth-order valence-corrected chi connectivity index (χ4v) is 1.79. The molecular formula is C14H12F3NO. The summed E-state index contributed by atoms with van der Waals surface area (Å²) in [4.78, 5) is 4.21. The van der Waals surface area contributed by atoms with E-state index >= 15 is 0 Å². The van der Waals surface area contributed by atoms with Gasteiger partial charge in [0.1, 0.15) is 5.75 Å². The van der Waals surface area contributed by atoms with Gasteiger partial charge in [-0.25, -0.2) is 0 Å². The second kappa shape index (κ2) is 4.91. The summed E-state index contributed by atoms with van der Waals surface area (Å²) in [5, 5.41) is 0. The first-order chi connectivity index (χ1) is 8.91.